The number of nitrogens with zero attached hydrogens (tertiary/aromatic N) is 3. The zero-order valence-electron chi connectivity index (χ0n) is 8.11. The molecule has 86 valence electrons. The molecule has 2 aromatic heterocycles. The molecule has 0 aliphatic rings. The van der Waals surface area contributed by atoms with E-state index >= 15 is 0 Å². The second-order valence-electron chi connectivity index (χ2n) is 3.30. The zero-order valence-corrected chi connectivity index (χ0v) is 8.11. The fourth-order valence-corrected chi connectivity index (χ4v) is 1.35. The van der Waals surface area contributed by atoms with Gasteiger partial charge in [0, 0.05) is 6.20 Å². The van der Waals surface area contributed by atoms with Gasteiger partial charge in [0.15, 0.2) is 5.65 Å². The van der Waals surface area contributed by atoms with Gasteiger partial charge in [-0.3, -0.25) is 4.40 Å². The number of halogens is 3. The lowest BCUT2D eigenvalue weighted by Gasteiger charge is -2.04. The van der Waals surface area contributed by atoms with Gasteiger partial charge in [-0.2, -0.15) is 13.2 Å². The number of hydrogen-bond donors (Lipinski definition) is 0. The maximum Gasteiger partial charge on any atom is 0.390 e. The third-order valence-corrected chi connectivity index (χ3v) is 2.10. The number of aromatic nitrogens is 3. The first kappa shape index (κ1) is 10.7. The van der Waals surface area contributed by atoms with E-state index in [4.69, 9.17) is 0 Å². The SMILES string of the molecule is O=c1n(CCC(F)(F)F)nc2ccccn12. The Kier molecular flexibility index (Phi) is 2.45. The number of fused-ring (bicyclic) bond motifs is 1. The van der Waals surface area contributed by atoms with E-state index in [-0.39, 0.29) is 0 Å². The summed E-state index contributed by atoms with van der Waals surface area (Å²) in [5, 5.41) is 3.78. The van der Waals surface area contributed by atoms with Crippen molar-refractivity contribution in [3.63, 3.8) is 0 Å². The fourth-order valence-electron chi connectivity index (χ4n) is 1.35. The molecule has 2 aromatic rings. The Bertz CT molecular complexity index is 555. The van der Waals surface area contributed by atoms with E-state index in [0.29, 0.717) is 5.65 Å². The quantitative estimate of drug-likeness (QED) is 0.784. The van der Waals surface area contributed by atoms with Gasteiger partial charge in [-0.1, -0.05) is 6.07 Å². The standard InChI is InChI=1S/C9H8F3N3O/c10-9(11,12)4-6-15-8(16)14-5-2-1-3-7(14)13-15/h1-3,5H,4,6H2. The van der Waals surface area contributed by atoms with Crippen LogP contribution in [0.2, 0.25) is 0 Å². The molecule has 2 heterocycles. The summed E-state index contributed by atoms with van der Waals surface area (Å²) in [7, 11) is 0. The highest BCUT2D eigenvalue weighted by molar-refractivity contribution is 5.35. The molecule has 0 saturated carbocycles. The fraction of sp³-hybridized carbons (Fsp3) is 0.333. The highest BCUT2D eigenvalue weighted by Crippen LogP contribution is 2.19. The van der Waals surface area contributed by atoms with Crippen LogP contribution in [-0.4, -0.2) is 20.4 Å². The first-order valence-electron chi connectivity index (χ1n) is 4.58. The molecule has 0 unspecified atom stereocenters. The van der Waals surface area contributed by atoms with Gasteiger partial charge in [-0.05, 0) is 12.1 Å². The van der Waals surface area contributed by atoms with Crippen molar-refractivity contribution in [1.82, 2.24) is 14.2 Å². The molecular formula is C9H8F3N3O. The molecule has 0 spiro atoms. The highest BCUT2D eigenvalue weighted by atomic mass is 19.4. The van der Waals surface area contributed by atoms with Gasteiger partial charge in [0.1, 0.15) is 0 Å². The number of hydrogen-bond acceptors (Lipinski definition) is 2. The molecule has 16 heavy (non-hydrogen) atoms. The first-order chi connectivity index (χ1) is 7.47. The van der Waals surface area contributed by atoms with Crippen LogP contribution < -0.4 is 5.69 Å². The lowest BCUT2D eigenvalue weighted by molar-refractivity contribution is -0.137. The Hall–Kier alpha value is -1.79. The number of alkyl halides is 3. The van der Waals surface area contributed by atoms with Crippen LogP contribution in [0.25, 0.3) is 5.65 Å². The van der Waals surface area contributed by atoms with Crippen molar-refractivity contribution in [2.45, 2.75) is 19.1 Å². The largest absolute Gasteiger partial charge is 0.390 e. The van der Waals surface area contributed by atoms with E-state index in [2.05, 4.69) is 5.10 Å². The molecule has 7 heteroatoms. The maximum atomic E-state index is 12.0. The van der Waals surface area contributed by atoms with E-state index in [1.54, 1.807) is 18.2 Å². The summed E-state index contributed by atoms with van der Waals surface area (Å²) in [6, 6.07) is 4.84. The summed E-state index contributed by atoms with van der Waals surface area (Å²) in [6.07, 6.45) is -3.87. The van der Waals surface area contributed by atoms with Crippen molar-refractivity contribution in [3.8, 4) is 0 Å². The first-order valence-corrected chi connectivity index (χ1v) is 4.58. The summed E-state index contributed by atoms with van der Waals surface area (Å²) >= 11 is 0. The normalized spacial score (nSPS) is 12.2. The number of pyridine rings is 1. The molecule has 0 saturated heterocycles. The molecule has 0 bridgehead atoms. The van der Waals surface area contributed by atoms with Gasteiger partial charge in [0.2, 0.25) is 0 Å². The monoisotopic (exact) mass is 231 g/mol. The summed E-state index contributed by atoms with van der Waals surface area (Å²) in [5.41, 5.74) is -0.213. The molecule has 0 aliphatic carbocycles. The minimum Gasteiger partial charge on any atom is -0.250 e. The van der Waals surface area contributed by atoms with Gasteiger partial charge in [-0.25, -0.2) is 9.48 Å². The summed E-state index contributed by atoms with van der Waals surface area (Å²) in [4.78, 5) is 11.5. The third-order valence-electron chi connectivity index (χ3n) is 2.10. The topological polar surface area (TPSA) is 39.3 Å². The summed E-state index contributed by atoms with van der Waals surface area (Å²) in [6.45, 7) is -0.454. The van der Waals surface area contributed by atoms with E-state index in [9.17, 15) is 18.0 Å². The predicted octanol–water partition coefficient (Wildman–Crippen LogP) is 1.45. The van der Waals surface area contributed by atoms with Crippen LogP contribution >= 0.6 is 0 Å². The van der Waals surface area contributed by atoms with Gasteiger partial charge in [0.25, 0.3) is 0 Å². The van der Waals surface area contributed by atoms with Crippen LogP contribution in [-0.2, 0) is 6.54 Å². The predicted molar refractivity (Wildman–Crippen MR) is 50.1 cm³/mol. The highest BCUT2D eigenvalue weighted by Gasteiger charge is 2.27. The van der Waals surface area contributed by atoms with Gasteiger partial charge >= 0.3 is 11.9 Å². The van der Waals surface area contributed by atoms with Crippen LogP contribution in [0, 0.1) is 0 Å². The molecular weight excluding hydrogens is 223 g/mol. The Morgan fingerprint density at radius 1 is 1.31 bits per heavy atom. The summed E-state index contributed by atoms with van der Waals surface area (Å²) in [5.74, 6) is 0. The van der Waals surface area contributed by atoms with Crippen molar-refractivity contribution in [1.29, 1.82) is 0 Å². The molecule has 0 amide bonds. The molecule has 0 atom stereocenters. The number of aryl methyl sites for hydroxylation is 1. The Balaban J connectivity index is 2.32. The molecule has 0 aromatic carbocycles. The second-order valence-corrected chi connectivity index (χ2v) is 3.30. The molecule has 2 rings (SSSR count). The van der Waals surface area contributed by atoms with Gasteiger partial charge < -0.3 is 0 Å². The van der Waals surface area contributed by atoms with Crippen LogP contribution in [0.15, 0.2) is 29.2 Å². The van der Waals surface area contributed by atoms with E-state index < -0.39 is 24.8 Å². The van der Waals surface area contributed by atoms with E-state index in [1.807, 2.05) is 0 Å². The lowest BCUT2D eigenvalue weighted by atomic mass is 10.4. The average Bonchev–Trinajstić information content (AvgIpc) is 2.53. The van der Waals surface area contributed by atoms with Crippen molar-refractivity contribution < 1.29 is 13.2 Å². The molecule has 4 nitrogen and oxygen atoms in total. The van der Waals surface area contributed by atoms with Crippen molar-refractivity contribution in [2.75, 3.05) is 0 Å². The van der Waals surface area contributed by atoms with Crippen molar-refractivity contribution in [3.05, 3.63) is 34.9 Å². The Labute approximate surface area is 87.9 Å². The Morgan fingerprint density at radius 3 is 2.69 bits per heavy atom. The Morgan fingerprint density at radius 2 is 2.06 bits per heavy atom. The minimum atomic E-state index is -4.28. The van der Waals surface area contributed by atoms with Crippen molar-refractivity contribution >= 4 is 5.65 Å². The van der Waals surface area contributed by atoms with Gasteiger partial charge in [0.05, 0.1) is 13.0 Å². The second kappa shape index (κ2) is 3.66. The third kappa shape index (κ3) is 2.07. The van der Waals surface area contributed by atoms with E-state index in [1.165, 1.54) is 10.6 Å². The lowest BCUT2D eigenvalue weighted by Crippen LogP contribution is -2.24. The maximum absolute atomic E-state index is 12.0. The van der Waals surface area contributed by atoms with Crippen LogP contribution in [0.4, 0.5) is 13.2 Å². The molecule has 0 aliphatic heterocycles. The van der Waals surface area contributed by atoms with Crippen LogP contribution in [0.5, 0.6) is 0 Å². The van der Waals surface area contributed by atoms with Crippen molar-refractivity contribution in [2.24, 2.45) is 0 Å². The van der Waals surface area contributed by atoms with Gasteiger partial charge in [-0.15, -0.1) is 5.10 Å². The molecule has 0 radical (unpaired) electrons. The number of rotatable bonds is 2. The minimum absolute atomic E-state index is 0.342. The van der Waals surface area contributed by atoms with Crippen LogP contribution in [0.1, 0.15) is 6.42 Å². The smallest absolute Gasteiger partial charge is 0.250 e. The average molecular weight is 231 g/mol. The van der Waals surface area contributed by atoms with Crippen LogP contribution in [0.3, 0.4) is 0 Å². The summed E-state index contributed by atoms with van der Waals surface area (Å²) < 4.78 is 38.0. The molecule has 0 N–H and O–H groups in total. The van der Waals surface area contributed by atoms with E-state index in [0.717, 1.165) is 4.68 Å². The zero-order chi connectivity index (χ0) is 11.8. The molecule has 0 fully saturated rings.